The van der Waals surface area contributed by atoms with E-state index in [-0.39, 0.29) is 6.61 Å². The Balaban J connectivity index is 1.89. The predicted molar refractivity (Wildman–Crippen MR) is 52.2 cm³/mol. The molecule has 6 heteroatoms. The highest BCUT2D eigenvalue weighted by atomic mass is 19.4. The van der Waals surface area contributed by atoms with E-state index in [1.54, 1.807) is 12.3 Å². The molecule has 0 spiro atoms. The zero-order valence-electron chi connectivity index (χ0n) is 8.72. The number of rotatable bonds is 7. The molecule has 0 amide bonds. The number of hydrogen-bond donors (Lipinski definition) is 1. The van der Waals surface area contributed by atoms with Gasteiger partial charge in [0.05, 0.1) is 12.9 Å². The Morgan fingerprint density at radius 2 is 2.12 bits per heavy atom. The van der Waals surface area contributed by atoms with Gasteiger partial charge in [0.15, 0.2) is 0 Å². The zero-order valence-corrected chi connectivity index (χ0v) is 8.72. The van der Waals surface area contributed by atoms with Crippen molar-refractivity contribution in [1.82, 2.24) is 5.32 Å². The van der Waals surface area contributed by atoms with Crippen molar-refractivity contribution in [2.75, 3.05) is 26.3 Å². The van der Waals surface area contributed by atoms with Crippen LogP contribution in [0, 0.1) is 0 Å². The molecule has 0 aromatic carbocycles. The number of alkyl halides is 3. The molecule has 0 radical (unpaired) electrons. The maximum atomic E-state index is 11.7. The minimum Gasteiger partial charge on any atom is -0.469 e. The summed E-state index contributed by atoms with van der Waals surface area (Å²) < 4.78 is 44.5. The highest BCUT2D eigenvalue weighted by molar-refractivity contribution is 4.98. The maximum Gasteiger partial charge on any atom is 0.411 e. The molecule has 0 saturated carbocycles. The van der Waals surface area contributed by atoms with Crippen molar-refractivity contribution in [2.24, 2.45) is 0 Å². The molecule has 0 unspecified atom stereocenters. The van der Waals surface area contributed by atoms with Crippen LogP contribution in [0.1, 0.15) is 5.76 Å². The largest absolute Gasteiger partial charge is 0.469 e. The first-order chi connectivity index (χ1) is 7.58. The second-order valence-electron chi connectivity index (χ2n) is 3.25. The summed E-state index contributed by atoms with van der Waals surface area (Å²) in [4.78, 5) is 0. The first-order valence-corrected chi connectivity index (χ1v) is 4.95. The van der Waals surface area contributed by atoms with Crippen LogP contribution >= 0.6 is 0 Å². The molecule has 1 rings (SSSR count). The molecule has 1 heterocycles. The Hall–Kier alpha value is -1.01. The lowest BCUT2D eigenvalue weighted by Crippen LogP contribution is -2.25. The van der Waals surface area contributed by atoms with Gasteiger partial charge in [0.2, 0.25) is 0 Å². The van der Waals surface area contributed by atoms with E-state index in [1.807, 2.05) is 6.07 Å². The van der Waals surface area contributed by atoms with Crippen LogP contribution in [0.4, 0.5) is 13.2 Å². The average molecular weight is 237 g/mol. The zero-order chi connectivity index (χ0) is 11.9. The molecule has 0 atom stereocenters. The number of halogens is 3. The van der Waals surface area contributed by atoms with Gasteiger partial charge in [-0.3, -0.25) is 0 Å². The van der Waals surface area contributed by atoms with Gasteiger partial charge < -0.3 is 14.5 Å². The highest BCUT2D eigenvalue weighted by Gasteiger charge is 2.27. The van der Waals surface area contributed by atoms with E-state index in [0.29, 0.717) is 19.5 Å². The fourth-order valence-corrected chi connectivity index (χ4v) is 1.12. The second-order valence-corrected chi connectivity index (χ2v) is 3.25. The fourth-order valence-electron chi connectivity index (χ4n) is 1.12. The van der Waals surface area contributed by atoms with Gasteiger partial charge in [0, 0.05) is 19.5 Å². The third-order valence-electron chi connectivity index (χ3n) is 1.82. The van der Waals surface area contributed by atoms with Crippen LogP contribution in [0.15, 0.2) is 22.8 Å². The molecule has 3 nitrogen and oxygen atoms in total. The van der Waals surface area contributed by atoms with Gasteiger partial charge in [0.1, 0.15) is 12.4 Å². The molecule has 92 valence electrons. The lowest BCUT2D eigenvalue weighted by molar-refractivity contribution is -0.173. The Morgan fingerprint density at radius 3 is 2.75 bits per heavy atom. The van der Waals surface area contributed by atoms with Crippen LogP contribution in [-0.2, 0) is 11.2 Å². The summed E-state index contributed by atoms with van der Waals surface area (Å²) in [5, 5.41) is 2.96. The molecular weight excluding hydrogens is 223 g/mol. The van der Waals surface area contributed by atoms with Gasteiger partial charge in [-0.15, -0.1) is 0 Å². The van der Waals surface area contributed by atoms with E-state index >= 15 is 0 Å². The predicted octanol–water partition coefficient (Wildman–Crippen LogP) is 1.99. The molecule has 1 aromatic rings. The number of hydrogen-bond acceptors (Lipinski definition) is 3. The van der Waals surface area contributed by atoms with Gasteiger partial charge in [-0.25, -0.2) is 0 Å². The molecule has 0 aliphatic carbocycles. The Bertz CT molecular complexity index is 272. The monoisotopic (exact) mass is 237 g/mol. The third kappa shape index (κ3) is 6.47. The molecule has 0 aliphatic rings. The van der Waals surface area contributed by atoms with Gasteiger partial charge in [-0.2, -0.15) is 13.2 Å². The molecule has 1 aromatic heterocycles. The molecule has 0 fully saturated rings. The van der Waals surface area contributed by atoms with E-state index in [0.717, 1.165) is 5.76 Å². The van der Waals surface area contributed by atoms with E-state index in [2.05, 4.69) is 10.1 Å². The second kappa shape index (κ2) is 6.55. The molecule has 0 bridgehead atoms. The molecule has 16 heavy (non-hydrogen) atoms. The molecular formula is C10H14F3NO2. The maximum absolute atomic E-state index is 11.7. The van der Waals surface area contributed by atoms with Crippen molar-refractivity contribution in [3.8, 4) is 0 Å². The average Bonchev–Trinajstić information content (AvgIpc) is 2.67. The molecule has 1 N–H and O–H groups in total. The van der Waals surface area contributed by atoms with Crippen LogP contribution in [0.5, 0.6) is 0 Å². The van der Waals surface area contributed by atoms with Crippen molar-refractivity contribution in [3.05, 3.63) is 24.2 Å². The fraction of sp³-hybridized carbons (Fsp3) is 0.600. The van der Waals surface area contributed by atoms with E-state index < -0.39 is 12.8 Å². The lowest BCUT2D eigenvalue weighted by Gasteiger charge is -2.07. The first kappa shape index (κ1) is 13.1. The standard InChI is InChI=1S/C10H14F3NO2/c11-10(12,13)8-15-7-5-14-4-3-9-2-1-6-16-9/h1-2,6,14H,3-5,7-8H2. The van der Waals surface area contributed by atoms with Gasteiger partial charge in [0.25, 0.3) is 0 Å². The Labute approximate surface area is 91.6 Å². The number of furan rings is 1. The highest BCUT2D eigenvalue weighted by Crippen LogP contribution is 2.13. The lowest BCUT2D eigenvalue weighted by atomic mass is 10.3. The topological polar surface area (TPSA) is 34.4 Å². The van der Waals surface area contributed by atoms with E-state index in [4.69, 9.17) is 4.42 Å². The van der Waals surface area contributed by atoms with Crippen molar-refractivity contribution >= 4 is 0 Å². The quantitative estimate of drug-likeness (QED) is 0.736. The molecule has 0 saturated heterocycles. The van der Waals surface area contributed by atoms with Crippen LogP contribution < -0.4 is 5.32 Å². The summed E-state index contributed by atoms with van der Waals surface area (Å²) in [6, 6.07) is 3.64. The third-order valence-corrected chi connectivity index (χ3v) is 1.82. The minimum atomic E-state index is -4.24. The summed E-state index contributed by atoms with van der Waals surface area (Å²) in [5.41, 5.74) is 0. The molecule has 0 aliphatic heterocycles. The van der Waals surface area contributed by atoms with Gasteiger partial charge in [-0.05, 0) is 12.1 Å². The van der Waals surface area contributed by atoms with E-state index in [9.17, 15) is 13.2 Å². The summed E-state index contributed by atoms with van der Waals surface area (Å²) in [6.45, 7) is -0.0792. The first-order valence-electron chi connectivity index (χ1n) is 4.95. The van der Waals surface area contributed by atoms with Crippen LogP contribution in [0.3, 0.4) is 0 Å². The SMILES string of the molecule is FC(F)(F)COCCNCCc1ccco1. The van der Waals surface area contributed by atoms with Crippen LogP contribution in [-0.4, -0.2) is 32.5 Å². The van der Waals surface area contributed by atoms with Crippen molar-refractivity contribution in [1.29, 1.82) is 0 Å². The minimum absolute atomic E-state index is 0.0532. The van der Waals surface area contributed by atoms with Gasteiger partial charge >= 0.3 is 6.18 Å². The summed E-state index contributed by atoms with van der Waals surface area (Å²) >= 11 is 0. The normalized spacial score (nSPS) is 11.9. The Kier molecular flexibility index (Phi) is 5.34. The number of ether oxygens (including phenoxy) is 1. The summed E-state index contributed by atoms with van der Waals surface area (Å²) in [5.74, 6) is 0.851. The van der Waals surface area contributed by atoms with E-state index in [1.165, 1.54) is 0 Å². The summed E-state index contributed by atoms with van der Waals surface area (Å²) in [6.07, 6.45) is -1.94. The van der Waals surface area contributed by atoms with Gasteiger partial charge in [-0.1, -0.05) is 0 Å². The van der Waals surface area contributed by atoms with Crippen LogP contribution in [0.2, 0.25) is 0 Å². The van der Waals surface area contributed by atoms with Crippen molar-refractivity contribution in [2.45, 2.75) is 12.6 Å². The van der Waals surface area contributed by atoms with Crippen molar-refractivity contribution in [3.63, 3.8) is 0 Å². The number of nitrogens with one attached hydrogen (secondary N) is 1. The van der Waals surface area contributed by atoms with Crippen molar-refractivity contribution < 1.29 is 22.3 Å². The summed E-state index contributed by atoms with van der Waals surface area (Å²) in [7, 11) is 0. The smallest absolute Gasteiger partial charge is 0.411 e. The Morgan fingerprint density at radius 1 is 1.31 bits per heavy atom. The van der Waals surface area contributed by atoms with Crippen LogP contribution in [0.25, 0.3) is 0 Å².